The van der Waals surface area contributed by atoms with E-state index < -0.39 is 0 Å². The first-order valence-corrected chi connectivity index (χ1v) is 10.8. The topological polar surface area (TPSA) is 61.5 Å². The van der Waals surface area contributed by atoms with E-state index in [2.05, 4.69) is 48.6 Å². The number of rotatable bonds is 3. The maximum atomic E-state index is 12.7. The standard InChI is InChI=1S/C22H34N4O2/c1-14-5-6-18(15(2)9-14)12-25-8-7-19-20(13-25)23-22(24-21(19)27)26-10-16(3)28-17(4)11-26/h9,15-18H,5-8,10-13H2,1-4H3,(H,23,24,27)/t15-,16-,17+,18-/m0/s1. The van der Waals surface area contributed by atoms with Crippen LogP contribution >= 0.6 is 0 Å². The molecule has 3 aliphatic rings. The summed E-state index contributed by atoms with van der Waals surface area (Å²) in [5.41, 5.74) is 3.41. The minimum atomic E-state index is 0.0380. The van der Waals surface area contributed by atoms with Gasteiger partial charge in [-0.25, -0.2) is 4.98 Å². The van der Waals surface area contributed by atoms with E-state index in [1.54, 1.807) is 0 Å². The SMILES string of the molecule is CC1=C[C@H](C)[C@H](CN2CCc3c(nc(N4C[C@@H](C)O[C@@H](C)C4)[nH]c3=O)C2)CC1. The molecule has 0 spiro atoms. The molecule has 6 heteroatoms. The van der Waals surface area contributed by atoms with Gasteiger partial charge in [0.1, 0.15) is 0 Å². The van der Waals surface area contributed by atoms with Crippen molar-refractivity contribution in [1.29, 1.82) is 0 Å². The third-order valence-corrected chi connectivity index (χ3v) is 6.55. The third kappa shape index (κ3) is 4.18. The number of nitrogens with one attached hydrogen (secondary N) is 1. The Morgan fingerprint density at radius 1 is 1.21 bits per heavy atom. The average molecular weight is 387 g/mol. The van der Waals surface area contributed by atoms with Gasteiger partial charge >= 0.3 is 0 Å². The number of hydrogen-bond acceptors (Lipinski definition) is 5. The summed E-state index contributed by atoms with van der Waals surface area (Å²) in [7, 11) is 0. The second kappa shape index (κ2) is 7.99. The Balaban J connectivity index is 1.50. The number of anilines is 1. The summed E-state index contributed by atoms with van der Waals surface area (Å²) in [4.78, 5) is 25.3. The molecule has 0 radical (unpaired) electrons. The summed E-state index contributed by atoms with van der Waals surface area (Å²) in [6, 6.07) is 0. The molecular weight excluding hydrogens is 352 g/mol. The summed E-state index contributed by atoms with van der Waals surface area (Å²) in [5, 5.41) is 0. The maximum Gasteiger partial charge on any atom is 0.255 e. The highest BCUT2D eigenvalue weighted by Gasteiger charge is 2.29. The highest BCUT2D eigenvalue weighted by atomic mass is 16.5. The van der Waals surface area contributed by atoms with Crippen molar-refractivity contribution in [2.24, 2.45) is 11.8 Å². The molecule has 1 aromatic rings. The summed E-state index contributed by atoms with van der Waals surface area (Å²) in [6.07, 6.45) is 6.01. The molecule has 4 rings (SSSR count). The predicted molar refractivity (Wildman–Crippen MR) is 112 cm³/mol. The molecule has 1 aliphatic carbocycles. The van der Waals surface area contributed by atoms with Crippen molar-refractivity contribution in [2.45, 2.75) is 65.7 Å². The van der Waals surface area contributed by atoms with Gasteiger partial charge in [-0.05, 0) is 51.9 Å². The Morgan fingerprint density at radius 3 is 2.68 bits per heavy atom. The number of allylic oxidation sites excluding steroid dienone is 2. The molecule has 0 saturated carbocycles. The van der Waals surface area contributed by atoms with Crippen LogP contribution in [0, 0.1) is 11.8 Å². The van der Waals surface area contributed by atoms with Crippen LogP contribution in [-0.4, -0.2) is 53.3 Å². The van der Waals surface area contributed by atoms with Crippen molar-refractivity contribution >= 4 is 5.95 Å². The van der Waals surface area contributed by atoms with Gasteiger partial charge in [0.25, 0.3) is 5.56 Å². The monoisotopic (exact) mass is 386 g/mol. The molecule has 6 nitrogen and oxygen atoms in total. The molecule has 1 aromatic heterocycles. The maximum absolute atomic E-state index is 12.7. The second-order valence-electron chi connectivity index (χ2n) is 9.13. The minimum absolute atomic E-state index is 0.0380. The van der Waals surface area contributed by atoms with Gasteiger partial charge in [0, 0.05) is 38.3 Å². The van der Waals surface area contributed by atoms with Gasteiger partial charge < -0.3 is 9.64 Å². The molecule has 1 N–H and O–H groups in total. The van der Waals surface area contributed by atoms with Gasteiger partial charge in [-0.1, -0.05) is 18.6 Å². The number of morpholine rings is 1. The quantitative estimate of drug-likeness (QED) is 0.810. The van der Waals surface area contributed by atoms with E-state index >= 15 is 0 Å². The zero-order valence-corrected chi connectivity index (χ0v) is 17.7. The van der Waals surface area contributed by atoms with Crippen molar-refractivity contribution in [3.63, 3.8) is 0 Å². The van der Waals surface area contributed by atoms with E-state index in [-0.39, 0.29) is 17.8 Å². The molecule has 1 fully saturated rings. The van der Waals surface area contributed by atoms with Crippen LogP contribution < -0.4 is 10.5 Å². The zero-order valence-electron chi connectivity index (χ0n) is 17.7. The van der Waals surface area contributed by atoms with Gasteiger partial charge in [0.2, 0.25) is 5.95 Å². The zero-order chi connectivity index (χ0) is 19.8. The van der Waals surface area contributed by atoms with E-state index in [1.807, 2.05) is 0 Å². The number of H-pyrrole nitrogens is 1. The lowest BCUT2D eigenvalue weighted by Crippen LogP contribution is -2.47. The van der Waals surface area contributed by atoms with Crippen LogP contribution in [0.2, 0.25) is 0 Å². The van der Waals surface area contributed by atoms with Crippen LogP contribution in [0.5, 0.6) is 0 Å². The highest BCUT2D eigenvalue weighted by molar-refractivity contribution is 5.35. The lowest BCUT2D eigenvalue weighted by molar-refractivity contribution is -0.00576. The smallest absolute Gasteiger partial charge is 0.255 e. The molecule has 4 atom stereocenters. The molecule has 0 bridgehead atoms. The molecule has 1 saturated heterocycles. The second-order valence-corrected chi connectivity index (χ2v) is 9.13. The van der Waals surface area contributed by atoms with Crippen LogP contribution in [0.3, 0.4) is 0 Å². The summed E-state index contributed by atoms with van der Waals surface area (Å²) in [5.74, 6) is 2.04. The van der Waals surface area contributed by atoms with Crippen molar-refractivity contribution in [1.82, 2.24) is 14.9 Å². The molecule has 0 aromatic carbocycles. The first-order chi connectivity index (χ1) is 13.4. The molecule has 0 unspecified atom stereocenters. The number of aromatic amines is 1. The van der Waals surface area contributed by atoms with Crippen molar-refractivity contribution < 1.29 is 4.74 Å². The fraction of sp³-hybridized carbons (Fsp3) is 0.727. The lowest BCUT2D eigenvalue weighted by atomic mass is 9.81. The number of nitrogens with zero attached hydrogens (tertiary/aromatic N) is 3. The Morgan fingerprint density at radius 2 is 1.96 bits per heavy atom. The van der Waals surface area contributed by atoms with Gasteiger partial charge in [0.15, 0.2) is 0 Å². The number of hydrogen-bond donors (Lipinski definition) is 1. The molecular formula is C22H34N4O2. The van der Waals surface area contributed by atoms with Crippen molar-refractivity contribution in [3.05, 3.63) is 33.3 Å². The van der Waals surface area contributed by atoms with Crippen LogP contribution in [-0.2, 0) is 17.7 Å². The Labute approximate surface area is 168 Å². The molecule has 2 aliphatic heterocycles. The lowest BCUT2D eigenvalue weighted by Gasteiger charge is -2.37. The fourth-order valence-electron chi connectivity index (χ4n) is 5.07. The van der Waals surface area contributed by atoms with Crippen molar-refractivity contribution in [3.8, 4) is 0 Å². The van der Waals surface area contributed by atoms with E-state index in [9.17, 15) is 4.79 Å². The van der Waals surface area contributed by atoms with Crippen LogP contribution in [0.25, 0.3) is 0 Å². The van der Waals surface area contributed by atoms with Gasteiger partial charge in [0.05, 0.1) is 17.9 Å². The molecule has 0 amide bonds. The first kappa shape index (κ1) is 19.6. The minimum Gasteiger partial charge on any atom is -0.372 e. The highest BCUT2D eigenvalue weighted by Crippen LogP contribution is 2.30. The Kier molecular flexibility index (Phi) is 5.61. The van der Waals surface area contributed by atoms with Gasteiger partial charge in [-0.3, -0.25) is 14.7 Å². The molecule has 3 heterocycles. The normalized spacial score (nSPS) is 31.4. The van der Waals surface area contributed by atoms with E-state index in [0.29, 0.717) is 17.8 Å². The average Bonchev–Trinajstić information content (AvgIpc) is 2.63. The number of aromatic nitrogens is 2. The Bertz CT molecular complexity index is 792. The molecule has 154 valence electrons. The largest absolute Gasteiger partial charge is 0.372 e. The summed E-state index contributed by atoms with van der Waals surface area (Å²) < 4.78 is 5.83. The fourth-order valence-corrected chi connectivity index (χ4v) is 5.07. The van der Waals surface area contributed by atoms with E-state index in [1.165, 1.54) is 18.4 Å². The Hall–Kier alpha value is -1.66. The summed E-state index contributed by atoms with van der Waals surface area (Å²) >= 11 is 0. The predicted octanol–water partition coefficient (Wildman–Crippen LogP) is 2.73. The van der Waals surface area contributed by atoms with Gasteiger partial charge in [-0.2, -0.15) is 0 Å². The van der Waals surface area contributed by atoms with Crippen LogP contribution in [0.4, 0.5) is 5.95 Å². The van der Waals surface area contributed by atoms with Crippen LogP contribution in [0.15, 0.2) is 16.4 Å². The van der Waals surface area contributed by atoms with Crippen LogP contribution in [0.1, 0.15) is 51.8 Å². The summed E-state index contributed by atoms with van der Waals surface area (Å²) in [6.45, 7) is 13.1. The first-order valence-electron chi connectivity index (χ1n) is 10.8. The van der Waals surface area contributed by atoms with E-state index in [0.717, 1.165) is 50.4 Å². The van der Waals surface area contributed by atoms with Crippen molar-refractivity contribution in [2.75, 3.05) is 31.1 Å². The van der Waals surface area contributed by atoms with E-state index in [4.69, 9.17) is 9.72 Å². The molecule has 28 heavy (non-hydrogen) atoms. The third-order valence-electron chi connectivity index (χ3n) is 6.55. The number of ether oxygens (including phenoxy) is 1. The number of fused-ring (bicyclic) bond motifs is 1. The van der Waals surface area contributed by atoms with Gasteiger partial charge in [-0.15, -0.1) is 0 Å².